The van der Waals surface area contributed by atoms with Crippen LogP contribution in [0.15, 0.2) is 57.7 Å². The lowest BCUT2D eigenvalue weighted by atomic mass is 9.79. The number of aliphatic hydroxyl groups excluding tert-OH is 2. The van der Waals surface area contributed by atoms with Crippen molar-refractivity contribution in [1.29, 1.82) is 0 Å². The predicted octanol–water partition coefficient (Wildman–Crippen LogP) is 1.69. The lowest BCUT2D eigenvalue weighted by Crippen LogP contribution is -2.42. The van der Waals surface area contributed by atoms with Gasteiger partial charge in [-0.3, -0.25) is 14.4 Å². The van der Waals surface area contributed by atoms with E-state index in [0.717, 1.165) is 11.1 Å². The molecule has 39 heavy (non-hydrogen) atoms. The second-order valence-corrected chi connectivity index (χ2v) is 11.6. The number of carbonyl (C=O) groups excluding carboxylic acids is 4. The van der Waals surface area contributed by atoms with Gasteiger partial charge in [0.05, 0.1) is 37.3 Å². The van der Waals surface area contributed by atoms with Gasteiger partial charge in [-0.25, -0.2) is 4.79 Å². The van der Waals surface area contributed by atoms with E-state index in [1.54, 1.807) is 6.92 Å². The summed E-state index contributed by atoms with van der Waals surface area (Å²) in [5.41, 5.74) is 3.94. The number of allylic oxidation sites excluding steroid dienone is 2. The molecule has 2 saturated heterocycles. The molecule has 6 aliphatic rings. The summed E-state index contributed by atoms with van der Waals surface area (Å²) in [5.74, 6) is -3.94. The van der Waals surface area contributed by atoms with E-state index in [2.05, 4.69) is 6.58 Å². The highest BCUT2D eigenvalue weighted by atomic mass is 16.6. The van der Waals surface area contributed by atoms with Crippen LogP contribution < -0.4 is 0 Å². The Morgan fingerprint density at radius 2 is 1.41 bits per heavy atom. The molecule has 0 radical (unpaired) electrons. The van der Waals surface area contributed by atoms with E-state index in [9.17, 15) is 29.4 Å². The van der Waals surface area contributed by atoms with Crippen molar-refractivity contribution in [3.8, 4) is 0 Å². The van der Waals surface area contributed by atoms with Crippen LogP contribution in [0.4, 0.5) is 0 Å². The Morgan fingerprint density at radius 3 is 1.97 bits per heavy atom. The highest BCUT2D eigenvalue weighted by Crippen LogP contribution is 2.52. The van der Waals surface area contributed by atoms with Crippen LogP contribution in [0.3, 0.4) is 0 Å². The number of ketones is 2. The average Bonchev–Trinajstić information content (AvgIpc) is 3.54. The minimum absolute atomic E-state index is 0.190. The molecule has 2 fully saturated rings. The van der Waals surface area contributed by atoms with Gasteiger partial charge in [-0.15, -0.1) is 0 Å². The zero-order chi connectivity index (χ0) is 27.9. The third kappa shape index (κ3) is 3.70. The fourth-order valence-electron chi connectivity index (χ4n) is 7.83. The zero-order valence-electron chi connectivity index (χ0n) is 22.1. The van der Waals surface area contributed by atoms with Crippen LogP contribution in [0.1, 0.15) is 33.6 Å². The van der Waals surface area contributed by atoms with Gasteiger partial charge in [0.2, 0.25) is 0 Å². The smallest absolute Gasteiger partial charge is 0.334 e. The van der Waals surface area contributed by atoms with Crippen molar-refractivity contribution < 1.29 is 43.6 Å². The fraction of sp³-hybridized carbons (Fsp3) is 0.533. The summed E-state index contributed by atoms with van der Waals surface area (Å²) in [6.45, 7) is 8.86. The van der Waals surface area contributed by atoms with Crippen molar-refractivity contribution >= 4 is 23.5 Å². The van der Waals surface area contributed by atoms with E-state index in [-0.39, 0.29) is 36.3 Å². The van der Waals surface area contributed by atoms with Gasteiger partial charge in [0, 0.05) is 34.5 Å². The van der Waals surface area contributed by atoms with Crippen LogP contribution in [0.25, 0.3) is 0 Å². The molecule has 2 N–H and O–H groups in total. The van der Waals surface area contributed by atoms with Gasteiger partial charge in [-0.1, -0.05) is 24.6 Å². The number of hydrogen-bond donors (Lipinski definition) is 2. The summed E-state index contributed by atoms with van der Waals surface area (Å²) >= 11 is 0. The molecule has 6 rings (SSSR count). The molecule has 0 bridgehead atoms. The van der Waals surface area contributed by atoms with Crippen LogP contribution >= 0.6 is 0 Å². The molecule has 0 aromatic heterocycles. The minimum Gasteiger partial charge on any atom is -0.461 e. The summed E-state index contributed by atoms with van der Waals surface area (Å²) in [6.07, 6.45) is 0.981. The van der Waals surface area contributed by atoms with Crippen molar-refractivity contribution in [2.75, 3.05) is 13.2 Å². The molecule has 2 heterocycles. The normalized spacial score (nSPS) is 39.5. The Kier molecular flexibility index (Phi) is 6.17. The van der Waals surface area contributed by atoms with Gasteiger partial charge >= 0.3 is 11.9 Å². The second kappa shape index (κ2) is 9.21. The van der Waals surface area contributed by atoms with Gasteiger partial charge in [0.15, 0.2) is 11.6 Å². The molecule has 0 aromatic rings. The quantitative estimate of drug-likeness (QED) is 0.406. The summed E-state index contributed by atoms with van der Waals surface area (Å²) < 4.78 is 18.5. The highest BCUT2D eigenvalue weighted by molar-refractivity contribution is 6.10. The fourth-order valence-corrected chi connectivity index (χ4v) is 7.83. The first-order valence-electron chi connectivity index (χ1n) is 13.4. The first-order chi connectivity index (χ1) is 18.6. The largest absolute Gasteiger partial charge is 0.461 e. The Morgan fingerprint density at radius 1 is 0.872 bits per heavy atom. The number of hydrogen-bond acceptors (Lipinski definition) is 9. The maximum atomic E-state index is 13.0. The minimum atomic E-state index is -0.753. The van der Waals surface area contributed by atoms with Crippen LogP contribution in [0.2, 0.25) is 0 Å². The monoisotopic (exact) mass is 536 g/mol. The molecule has 0 unspecified atom stereocenters. The molecular formula is C30H32O9. The number of rotatable bonds is 4. The predicted molar refractivity (Wildman–Crippen MR) is 136 cm³/mol. The standard InChI is InChI=1S/C30H32O9/c1-11-5-19(23-13(3)29(35)38-27(23)25-15(9-31)7-17(33)21(11)25)37-20-6-12(2)22-18(34)8-16(10-32)26(22)28-24(20)14(4)30(36)39-28/h7-8,14,19-20,23-28,31-32H,3,5-6,9-10H2,1-2,4H3/t14-,19-,20-,23+,24+,25-,26-,27-,28+/m0/s1. The second-order valence-electron chi connectivity index (χ2n) is 11.6. The van der Waals surface area contributed by atoms with E-state index in [0.29, 0.717) is 35.1 Å². The average molecular weight is 537 g/mol. The molecule has 206 valence electrons. The summed E-state index contributed by atoms with van der Waals surface area (Å²) in [4.78, 5) is 51.5. The molecule has 4 aliphatic carbocycles. The number of fused-ring (bicyclic) bond motifs is 6. The van der Waals surface area contributed by atoms with E-state index in [1.807, 2.05) is 13.8 Å². The van der Waals surface area contributed by atoms with Crippen LogP contribution in [0, 0.1) is 29.6 Å². The van der Waals surface area contributed by atoms with E-state index < -0.39 is 60.0 Å². The molecule has 0 amide bonds. The van der Waals surface area contributed by atoms with Crippen molar-refractivity contribution in [2.45, 2.75) is 58.0 Å². The molecular weight excluding hydrogens is 504 g/mol. The number of carbonyl (C=O) groups is 4. The van der Waals surface area contributed by atoms with Crippen LogP contribution in [0.5, 0.6) is 0 Å². The van der Waals surface area contributed by atoms with Gasteiger partial charge in [0.1, 0.15) is 12.2 Å². The topological polar surface area (TPSA) is 136 Å². The summed E-state index contributed by atoms with van der Waals surface area (Å²) in [6, 6.07) is 0. The van der Waals surface area contributed by atoms with Gasteiger partial charge in [0.25, 0.3) is 0 Å². The Balaban J connectivity index is 1.41. The van der Waals surface area contributed by atoms with Crippen molar-refractivity contribution in [1.82, 2.24) is 0 Å². The van der Waals surface area contributed by atoms with Crippen molar-refractivity contribution in [3.63, 3.8) is 0 Å². The van der Waals surface area contributed by atoms with Crippen LogP contribution in [-0.2, 0) is 33.4 Å². The van der Waals surface area contributed by atoms with Crippen LogP contribution in [-0.4, -0.2) is 71.3 Å². The summed E-state index contributed by atoms with van der Waals surface area (Å²) in [7, 11) is 0. The van der Waals surface area contributed by atoms with Crippen molar-refractivity contribution in [2.24, 2.45) is 29.6 Å². The lowest BCUT2D eigenvalue weighted by molar-refractivity contribution is -0.145. The maximum Gasteiger partial charge on any atom is 0.334 e. The highest BCUT2D eigenvalue weighted by Gasteiger charge is 2.58. The molecule has 0 spiro atoms. The molecule has 2 aliphatic heterocycles. The number of ether oxygens (including phenoxy) is 3. The third-order valence-electron chi connectivity index (χ3n) is 9.56. The lowest BCUT2D eigenvalue weighted by Gasteiger charge is -2.35. The molecule has 9 nitrogen and oxygen atoms in total. The van der Waals surface area contributed by atoms with Crippen molar-refractivity contribution in [3.05, 3.63) is 57.7 Å². The van der Waals surface area contributed by atoms with E-state index >= 15 is 0 Å². The van der Waals surface area contributed by atoms with E-state index in [1.165, 1.54) is 12.2 Å². The number of esters is 2. The number of aliphatic hydroxyl groups is 2. The molecule has 9 atom stereocenters. The Hall–Kier alpha value is -3.14. The zero-order valence-corrected chi connectivity index (χ0v) is 22.1. The SMILES string of the molecule is C=C1C(=O)O[C@@H]2[C@H]3C(CO)=CC(=O)C3=C(C)C[C@H](O[C@H]3CC(C)=C4C(=O)C=C(CO)[C@@H]4[C@@H]4OC(=O)[C@@H](C)[C@@H]43)[C@@H]12. The van der Waals surface area contributed by atoms with Gasteiger partial charge < -0.3 is 24.4 Å². The first-order valence-corrected chi connectivity index (χ1v) is 13.4. The van der Waals surface area contributed by atoms with Gasteiger partial charge in [-0.2, -0.15) is 0 Å². The maximum absolute atomic E-state index is 13.0. The van der Waals surface area contributed by atoms with Gasteiger partial charge in [-0.05, 0) is 50.0 Å². The van der Waals surface area contributed by atoms with E-state index in [4.69, 9.17) is 14.2 Å². The Bertz CT molecular complexity index is 1340. The Labute approximate surface area is 225 Å². The molecule has 0 saturated carbocycles. The molecule has 9 heteroatoms. The molecule has 0 aromatic carbocycles. The first kappa shape index (κ1) is 26.1. The third-order valence-corrected chi connectivity index (χ3v) is 9.56. The summed E-state index contributed by atoms with van der Waals surface area (Å²) in [5, 5.41) is 20.0.